The summed E-state index contributed by atoms with van der Waals surface area (Å²) in [4.78, 5) is 15.6. The normalized spacial score (nSPS) is 14.0. The maximum absolute atomic E-state index is 6.75. The molecule has 3 heterocycles. The zero-order valence-electron chi connectivity index (χ0n) is 29.1. The van der Waals surface area contributed by atoms with E-state index in [2.05, 4.69) is 133 Å². The molecular formula is C49H31N3O2. The van der Waals surface area contributed by atoms with Gasteiger partial charge in [0.15, 0.2) is 11.6 Å². The van der Waals surface area contributed by atoms with Gasteiger partial charge in [-0.25, -0.2) is 15.0 Å². The number of aromatic nitrogens is 3. The molecule has 1 aliphatic rings. The fraction of sp³-hybridized carbons (Fsp3) is 0.0408. The van der Waals surface area contributed by atoms with Gasteiger partial charge < -0.3 is 8.83 Å². The van der Waals surface area contributed by atoms with Crippen LogP contribution in [0.1, 0.15) is 22.9 Å². The molecule has 0 amide bonds. The second kappa shape index (κ2) is 12.2. The quantitative estimate of drug-likeness (QED) is 0.179. The zero-order valence-corrected chi connectivity index (χ0v) is 29.1. The Balaban J connectivity index is 1.09. The lowest BCUT2D eigenvalue weighted by molar-refractivity contribution is 0.665. The number of nitrogens with zero attached hydrogens (tertiary/aromatic N) is 3. The van der Waals surface area contributed by atoms with Gasteiger partial charge >= 0.3 is 0 Å². The lowest BCUT2D eigenvalue weighted by Gasteiger charge is -2.19. The first-order valence-electron chi connectivity index (χ1n) is 18.3. The molecule has 7 aromatic carbocycles. The summed E-state index contributed by atoms with van der Waals surface area (Å²) in [6, 6.07) is 54.4. The second-order valence-electron chi connectivity index (χ2n) is 13.9. The van der Waals surface area contributed by atoms with E-state index in [4.69, 9.17) is 23.8 Å². The molecule has 10 aromatic rings. The predicted molar refractivity (Wildman–Crippen MR) is 218 cm³/mol. The van der Waals surface area contributed by atoms with Crippen LogP contribution in [0.15, 0.2) is 173 Å². The van der Waals surface area contributed by atoms with E-state index >= 15 is 0 Å². The van der Waals surface area contributed by atoms with Crippen LogP contribution in [-0.2, 0) is 6.42 Å². The molecule has 0 saturated carbocycles. The van der Waals surface area contributed by atoms with Gasteiger partial charge in [0.1, 0.15) is 28.2 Å². The number of furan rings is 2. The fourth-order valence-corrected chi connectivity index (χ4v) is 8.04. The minimum Gasteiger partial charge on any atom is -0.455 e. The Morgan fingerprint density at radius 3 is 1.93 bits per heavy atom. The van der Waals surface area contributed by atoms with E-state index in [0.717, 1.165) is 83.9 Å². The van der Waals surface area contributed by atoms with Gasteiger partial charge in [0, 0.05) is 49.7 Å². The highest BCUT2D eigenvalue weighted by molar-refractivity contribution is 6.17. The molecular weight excluding hydrogens is 663 g/mol. The minimum atomic E-state index is 0.000176. The van der Waals surface area contributed by atoms with Crippen molar-refractivity contribution in [2.24, 2.45) is 0 Å². The first-order chi connectivity index (χ1) is 26.7. The van der Waals surface area contributed by atoms with E-state index in [1.807, 2.05) is 36.4 Å². The summed E-state index contributed by atoms with van der Waals surface area (Å²) in [5.74, 6) is 2.01. The van der Waals surface area contributed by atoms with Gasteiger partial charge in [0.2, 0.25) is 0 Å². The van der Waals surface area contributed by atoms with Crippen molar-refractivity contribution in [2.45, 2.75) is 12.3 Å². The SMILES string of the molecule is C1=CC(c2nc(-c3ccc(-c4ccccc4)cc3)nc(-c3cccc4oc5c(-c6cccc7c6oc6ccccc67)cccc5c34)n2)Cc2ccccc21. The molecule has 11 rings (SSSR count). The molecule has 0 N–H and O–H groups in total. The van der Waals surface area contributed by atoms with Crippen LogP contribution in [0, 0.1) is 0 Å². The van der Waals surface area contributed by atoms with Crippen molar-refractivity contribution in [3.8, 4) is 45.0 Å². The summed E-state index contributed by atoms with van der Waals surface area (Å²) >= 11 is 0. The van der Waals surface area contributed by atoms with E-state index in [-0.39, 0.29) is 5.92 Å². The van der Waals surface area contributed by atoms with Gasteiger partial charge in [-0.2, -0.15) is 0 Å². The minimum absolute atomic E-state index is 0.000176. The molecule has 54 heavy (non-hydrogen) atoms. The average molecular weight is 694 g/mol. The molecule has 0 aliphatic heterocycles. The smallest absolute Gasteiger partial charge is 0.164 e. The lowest BCUT2D eigenvalue weighted by atomic mass is 9.89. The molecule has 0 spiro atoms. The van der Waals surface area contributed by atoms with Crippen molar-refractivity contribution in [1.82, 2.24) is 15.0 Å². The van der Waals surface area contributed by atoms with Crippen LogP contribution in [0.25, 0.3) is 95.0 Å². The Bertz CT molecular complexity index is 3080. The number of rotatable bonds is 5. The molecule has 254 valence electrons. The van der Waals surface area contributed by atoms with Crippen LogP contribution in [0.5, 0.6) is 0 Å². The summed E-state index contributed by atoms with van der Waals surface area (Å²) in [6.45, 7) is 0. The molecule has 1 aliphatic carbocycles. The largest absolute Gasteiger partial charge is 0.455 e. The Morgan fingerprint density at radius 2 is 1.06 bits per heavy atom. The Morgan fingerprint density at radius 1 is 0.444 bits per heavy atom. The van der Waals surface area contributed by atoms with Gasteiger partial charge in [-0.3, -0.25) is 0 Å². The molecule has 5 nitrogen and oxygen atoms in total. The Labute approximate surface area is 310 Å². The first kappa shape index (κ1) is 30.5. The zero-order chi connectivity index (χ0) is 35.6. The highest BCUT2D eigenvalue weighted by Crippen LogP contribution is 2.43. The highest BCUT2D eigenvalue weighted by atomic mass is 16.3. The standard InChI is InChI=1S/C49H31N3O2/c1-2-11-30(12-3-1)32-23-26-33(27-24-32)47-50-48(35-28-25-31-13-4-5-14-34(31)29-35)52-49(51-47)41-20-10-22-43-44(41)40-19-9-18-39(46(40)54-43)38-17-8-16-37-36-15-6-7-21-42(36)53-45(37)38/h1-28,35H,29H2. The molecule has 1 atom stereocenters. The number of allylic oxidation sites excluding steroid dienone is 1. The summed E-state index contributed by atoms with van der Waals surface area (Å²) in [5.41, 5.74) is 11.9. The highest BCUT2D eigenvalue weighted by Gasteiger charge is 2.24. The summed E-state index contributed by atoms with van der Waals surface area (Å²) in [5, 5.41) is 4.14. The molecule has 5 heteroatoms. The van der Waals surface area contributed by atoms with Gasteiger partial charge in [-0.1, -0.05) is 158 Å². The van der Waals surface area contributed by atoms with Crippen LogP contribution < -0.4 is 0 Å². The van der Waals surface area contributed by atoms with Gasteiger partial charge in [-0.15, -0.1) is 0 Å². The van der Waals surface area contributed by atoms with Crippen molar-refractivity contribution < 1.29 is 8.83 Å². The third kappa shape index (κ3) is 4.97. The van der Waals surface area contributed by atoms with Crippen molar-refractivity contribution in [1.29, 1.82) is 0 Å². The predicted octanol–water partition coefficient (Wildman–Crippen LogP) is 12.7. The second-order valence-corrected chi connectivity index (χ2v) is 13.9. The Hall–Kier alpha value is -7.11. The summed E-state index contributed by atoms with van der Waals surface area (Å²) in [7, 11) is 0. The maximum Gasteiger partial charge on any atom is 0.164 e. The number of para-hydroxylation sites is 3. The van der Waals surface area contributed by atoms with E-state index in [1.54, 1.807) is 0 Å². The van der Waals surface area contributed by atoms with Gasteiger partial charge in [-0.05, 0) is 40.8 Å². The maximum atomic E-state index is 6.75. The first-order valence-corrected chi connectivity index (χ1v) is 18.3. The summed E-state index contributed by atoms with van der Waals surface area (Å²) in [6.07, 6.45) is 5.23. The topological polar surface area (TPSA) is 65.0 Å². The number of benzene rings is 7. The third-order valence-electron chi connectivity index (χ3n) is 10.7. The Kier molecular flexibility index (Phi) is 6.92. The molecule has 3 aromatic heterocycles. The van der Waals surface area contributed by atoms with Crippen molar-refractivity contribution in [3.63, 3.8) is 0 Å². The van der Waals surface area contributed by atoms with Crippen molar-refractivity contribution >= 4 is 50.0 Å². The van der Waals surface area contributed by atoms with E-state index in [9.17, 15) is 0 Å². The van der Waals surface area contributed by atoms with Crippen LogP contribution in [0.3, 0.4) is 0 Å². The van der Waals surface area contributed by atoms with Crippen LogP contribution in [0.2, 0.25) is 0 Å². The number of hydrogen-bond donors (Lipinski definition) is 0. The van der Waals surface area contributed by atoms with E-state index in [1.165, 1.54) is 16.7 Å². The van der Waals surface area contributed by atoms with Crippen molar-refractivity contribution in [3.05, 3.63) is 181 Å². The van der Waals surface area contributed by atoms with Gasteiger partial charge in [0.05, 0.1) is 0 Å². The fourth-order valence-electron chi connectivity index (χ4n) is 8.04. The van der Waals surface area contributed by atoms with E-state index < -0.39 is 0 Å². The van der Waals surface area contributed by atoms with E-state index in [0.29, 0.717) is 11.6 Å². The van der Waals surface area contributed by atoms with Crippen LogP contribution >= 0.6 is 0 Å². The molecule has 0 bridgehead atoms. The van der Waals surface area contributed by atoms with Crippen molar-refractivity contribution in [2.75, 3.05) is 0 Å². The molecule has 1 unspecified atom stereocenters. The lowest BCUT2D eigenvalue weighted by Crippen LogP contribution is -2.12. The molecule has 0 fully saturated rings. The molecule has 0 saturated heterocycles. The number of hydrogen-bond acceptors (Lipinski definition) is 5. The summed E-state index contributed by atoms with van der Waals surface area (Å²) < 4.78 is 13.2. The monoisotopic (exact) mass is 693 g/mol. The molecule has 0 radical (unpaired) electrons. The number of fused-ring (bicyclic) bond motifs is 7. The van der Waals surface area contributed by atoms with Crippen LogP contribution in [-0.4, -0.2) is 15.0 Å². The average Bonchev–Trinajstić information content (AvgIpc) is 3.83. The van der Waals surface area contributed by atoms with Gasteiger partial charge in [0.25, 0.3) is 0 Å². The third-order valence-corrected chi connectivity index (χ3v) is 10.7. The van der Waals surface area contributed by atoms with Crippen LogP contribution in [0.4, 0.5) is 0 Å².